The molecule has 0 aliphatic carbocycles. The predicted molar refractivity (Wildman–Crippen MR) is 60.7 cm³/mol. The second-order valence-electron chi connectivity index (χ2n) is 2.94. The molecule has 0 saturated carbocycles. The highest BCUT2D eigenvalue weighted by Crippen LogP contribution is 2.22. The van der Waals surface area contributed by atoms with Crippen molar-refractivity contribution in [3.05, 3.63) is 29.8 Å². The number of aromatic nitrogens is 2. The normalized spacial score (nSPS) is 9.81. The molecule has 0 unspecified atom stereocenters. The Morgan fingerprint density at radius 2 is 2.38 bits per heavy atom. The van der Waals surface area contributed by atoms with Crippen LogP contribution in [0.3, 0.4) is 0 Å². The third-order valence-corrected chi connectivity index (χ3v) is 2.61. The van der Waals surface area contributed by atoms with Crippen LogP contribution in [0.15, 0.2) is 29.8 Å². The highest BCUT2D eigenvalue weighted by molar-refractivity contribution is 7.13. The van der Waals surface area contributed by atoms with Gasteiger partial charge in [0.15, 0.2) is 0 Å². The minimum absolute atomic E-state index is 0.265. The molecule has 0 spiro atoms. The van der Waals surface area contributed by atoms with Crippen LogP contribution in [0.2, 0.25) is 0 Å². The first kappa shape index (κ1) is 10.6. The quantitative estimate of drug-likeness (QED) is 0.825. The molecule has 2 aromatic rings. The lowest BCUT2D eigenvalue weighted by Crippen LogP contribution is -2.08. The van der Waals surface area contributed by atoms with E-state index in [0.29, 0.717) is 0 Å². The van der Waals surface area contributed by atoms with Crippen LogP contribution < -0.4 is 5.48 Å². The van der Waals surface area contributed by atoms with Crippen LogP contribution in [0.5, 0.6) is 0 Å². The average Bonchev–Trinajstić information content (AvgIpc) is 2.80. The van der Waals surface area contributed by atoms with Crippen LogP contribution in [0.1, 0.15) is 6.92 Å². The Morgan fingerprint density at radius 3 is 3.06 bits per heavy atom. The lowest BCUT2D eigenvalue weighted by Gasteiger charge is -2.03. The number of anilines is 1. The second kappa shape index (κ2) is 4.71. The molecular formula is C10H9N3O2S. The van der Waals surface area contributed by atoms with Crippen LogP contribution >= 0.6 is 11.3 Å². The summed E-state index contributed by atoms with van der Waals surface area (Å²) >= 11 is 1.58. The van der Waals surface area contributed by atoms with Gasteiger partial charge in [-0.15, -0.1) is 11.3 Å². The van der Waals surface area contributed by atoms with Gasteiger partial charge in [-0.2, -0.15) is 5.48 Å². The lowest BCUT2D eigenvalue weighted by molar-refractivity contribution is -0.138. The summed E-state index contributed by atoms with van der Waals surface area (Å²) in [7, 11) is 0. The zero-order chi connectivity index (χ0) is 11.4. The van der Waals surface area contributed by atoms with Crippen molar-refractivity contribution < 1.29 is 9.63 Å². The number of hydrogen-bond acceptors (Lipinski definition) is 6. The van der Waals surface area contributed by atoms with Crippen molar-refractivity contribution in [1.29, 1.82) is 0 Å². The first-order valence-corrected chi connectivity index (χ1v) is 5.44. The Kier molecular flexibility index (Phi) is 3.11. The van der Waals surface area contributed by atoms with Gasteiger partial charge in [-0.25, -0.2) is 9.97 Å². The average molecular weight is 235 g/mol. The number of nitrogens with one attached hydrogen (secondary N) is 1. The van der Waals surface area contributed by atoms with E-state index < -0.39 is 5.97 Å². The fourth-order valence-electron chi connectivity index (χ4n) is 1.09. The van der Waals surface area contributed by atoms with Crippen molar-refractivity contribution in [1.82, 2.24) is 9.97 Å². The van der Waals surface area contributed by atoms with E-state index in [-0.39, 0.29) is 5.95 Å². The summed E-state index contributed by atoms with van der Waals surface area (Å²) in [5, 5.41) is 1.97. The van der Waals surface area contributed by atoms with Gasteiger partial charge in [0.05, 0.1) is 10.6 Å². The number of carbonyl (C=O) groups excluding carboxylic acids is 1. The minimum Gasteiger partial charge on any atom is -0.341 e. The van der Waals surface area contributed by atoms with E-state index >= 15 is 0 Å². The van der Waals surface area contributed by atoms with Crippen LogP contribution in [0, 0.1) is 0 Å². The molecule has 82 valence electrons. The molecule has 0 aliphatic heterocycles. The molecule has 0 aliphatic rings. The molecule has 0 aromatic carbocycles. The topological polar surface area (TPSA) is 64.1 Å². The number of rotatable bonds is 3. The number of nitrogens with zero attached hydrogens (tertiary/aromatic N) is 2. The molecule has 6 heteroatoms. The standard InChI is InChI=1S/C10H9N3O2S/c1-7(14)15-13-10-11-5-4-8(12-10)9-3-2-6-16-9/h2-6H,1H3,(H,11,12,13). The number of hydrogen-bond donors (Lipinski definition) is 1. The van der Waals surface area contributed by atoms with Gasteiger partial charge >= 0.3 is 5.97 Å². The van der Waals surface area contributed by atoms with Gasteiger partial charge in [-0.05, 0) is 17.5 Å². The summed E-state index contributed by atoms with van der Waals surface area (Å²) in [6, 6.07) is 5.70. The molecule has 0 amide bonds. The van der Waals surface area contributed by atoms with Crippen molar-refractivity contribution in [2.24, 2.45) is 0 Å². The zero-order valence-corrected chi connectivity index (χ0v) is 9.32. The molecule has 16 heavy (non-hydrogen) atoms. The van der Waals surface area contributed by atoms with Crippen LogP contribution in [-0.4, -0.2) is 15.9 Å². The summed E-state index contributed by atoms with van der Waals surface area (Å²) in [6.45, 7) is 1.30. The molecule has 0 radical (unpaired) electrons. The number of thiophene rings is 1. The zero-order valence-electron chi connectivity index (χ0n) is 8.51. The maximum atomic E-state index is 10.6. The van der Waals surface area contributed by atoms with Crippen molar-refractivity contribution in [2.75, 3.05) is 5.48 Å². The fraction of sp³-hybridized carbons (Fsp3) is 0.100. The molecule has 2 heterocycles. The Bertz CT molecular complexity index is 485. The van der Waals surface area contributed by atoms with E-state index in [4.69, 9.17) is 0 Å². The Balaban J connectivity index is 2.17. The third-order valence-electron chi connectivity index (χ3n) is 1.72. The van der Waals surface area contributed by atoms with E-state index in [1.807, 2.05) is 17.5 Å². The van der Waals surface area contributed by atoms with Crippen LogP contribution in [-0.2, 0) is 9.63 Å². The van der Waals surface area contributed by atoms with E-state index in [9.17, 15) is 4.79 Å². The van der Waals surface area contributed by atoms with E-state index in [1.54, 1.807) is 23.6 Å². The van der Waals surface area contributed by atoms with E-state index in [1.165, 1.54) is 6.92 Å². The Labute approximate surface area is 96.1 Å². The number of carbonyl (C=O) groups is 1. The maximum Gasteiger partial charge on any atom is 0.329 e. The summed E-state index contributed by atoms with van der Waals surface area (Å²) in [5.41, 5.74) is 3.17. The molecule has 0 bridgehead atoms. The fourth-order valence-corrected chi connectivity index (χ4v) is 1.78. The maximum absolute atomic E-state index is 10.6. The molecule has 0 fully saturated rings. The summed E-state index contributed by atoms with van der Waals surface area (Å²) < 4.78 is 0. The van der Waals surface area contributed by atoms with Gasteiger partial charge < -0.3 is 4.84 Å². The van der Waals surface area contributed by atoms with Crippen molar-refractivity contribution in [3.8, 4) is 10.6 Å². The monoisotopic (exact) mass is 235 g/mol. The Morgan fingerprint density at radius 1 is 1.50 bits per heavy atom. The first-order valence-electron chi connectivity index (χ1n) is 4.56. The van der Waals surface area contributed by atoms with Crippen molar-refractivity contribution in [3.63, 3.8) is 0 Å². The van der Waals surface area contributed by atoms with Gasteiger partial charge in [-0.1, -0.05) is 6.07 Å². The lowest BCUT2D eigenvalue weighted by atomic mass is 10.3. The second-order valence-corrected chi connectivity index (χ2v) is 3.89. The molecular weight excluding hydrogens is 226 g/mol. The SMILES string of the molecule is CC(=O)ONc1nccc(-c2cccs2)n1. The van der Waals surface area contributed by atoms with Crippen molar-refractivity contribution in [2.45, 2.75) is 6.92 Å². The largest absolute Gasteiger partial charge is 0.341 e. The molecule has 2 rings (SSSR count). The van der Waals surface area contributed by atoms with Crippen molar-refractivity contribution >= 4 is 23.3 Å². The molecule has 2 aromatic heterocycles. The predicted octanol–water partition coefficient (Wildman–Crippen LogP) is 2.10. The van der Waals surface area contributed by atoms with Gasteiger partial charge in [0.25, 0.3) is 5.95 Å². The van der Waals surface area contributed by atoms with Gasteiger partial charge in [0, 0.05) is 13.1 Å². The van der Waals surface area contributed by atoms with Gasteiger partial charge in [-0.3, -0.25) is 4.79 Å². The molecule has 5 nitrogen and oxygen atoms in total. The molecule has 1 N–H and O–H groups in total. The highest BCUT2D eigenvalue weighted by atomic mass is 32.1. The van der Waals surface area contributed by atoms with Crippen LogP contribution in [0.4, 0.5) is 5.95 Å². The molecule has 0 atom stereocenters. The van der Waals surface area contributed by atoms with E-state index in [2.05, 4.69) is 20.3 Å². The van der Waals surface area contributed by atoms with Crippen LogP contribution in [0.25, 0.3) is 10.6 Å². The third kappa shape index (κ3) is 2.54. The summed E-state index contributed by atoms with van der Waals surface area (Å²) in [6.07, 6.45) is 1.61. The van der Waals surface area contributed by atoms with E-state index in [0.717, 1.165) is 10.6 Å². The minimum atomic E-state index is -0.440. The smallest absolute Gasteiger partial charge is 0.329 e. The Hall–Kier alpha value is -1.95. The molecule has 0 saturated heterocycles. The summed E-state index contributed by atoms with van der Waals surface area (Å²) in [4.78, 5) is 24.3. The van der Waals surface area contributed by atoms with Gasteiger partial charge in [0.1, 0.15) is 0 Å². The summed E-state index contributed by atoms with van der Waals surface area (Å²) in [5.74, 6) is -0.175. The first-order chi connectivity index (χ1) is 7.75. The highest BCUT2D eigenvalue weighted by Gasteiger charge is 2.03. The van der Waals surface area contributed by atoms with Gasteiger partial charge in [0.2, 0.25) is 0 Å².